The Morgan fingerprint density at radius 3 is 2.44 bits per heavy atom. The van der Waals surface area contributed by atoms with E-state index >= 15 is 0 Å². The first-order valence-corrected chi connectivity index (χ1v) is 19.1. The predicted octanol–water partition coefficient (Wildman–Crippen LogP) is 3.94. The maximum Gasteiger partial charge on any atom is 0.316 e. The van der Waals surface area contributed by atoms with E-state index in [0.717, 1.165) is 0 Å². The SMILES string of the molecule is CC[C@@H]1OC(=O)[C@H](C)C(=O)[C@H](C)C(O[C@@H]2O[C@H](C)C[C@H](N(C)C)C2O)[C@@]2(C)CC(C)C(=NC(C)=O)C(C)C(OC/C(=C/Nc3ccccn3)CO2)[C@]1(C)O. The number of ether oxygens (including phenoxy) is 5. The van der Waals surface area contributed by atoms with Crippen LogP contribution in [0, 0.1) is 23.7 Å². The number of aliphatic imine (C=N–C) groups is 1. The van der Waals surface area contributed by atoms with Gasteiger partial charge in [0.1, 0.15) is 29.5 Å². The summed E-state index contributed by atoms with van der Waals surface area (Å²) in [7, 11) is 3.75. The third-order valence-corrected chi connectivity index (χ3v) is 11.2. The average molecular weight is 759 g/mol. The highest BCUT2D eigenvalue weighted by Gasteiger charge is 2.53. The van der Waals surface area contributed by atoms with Crippen molar-refractivity contribution < 1.29 is 48.3 Å². The van der Waals surface area contributed by atoms with Gasteiger partial charge in [0.05, 0.1) is 37.1 Å². The maximum absolute atomic E-state index is 14.4. The van der Waals surface area contributed by atoms with Crippen LogP contribution in [0.15, 0.2) is 41.2 Å². The van der Waals surface area contributed by atoms with Crippen LogP contribution in [0.4, 0.5) is 5.82 Å². The molecule has 13 atom stereocenters. The maximum atomic E-state index is 14.4. The number of fused-ring (bicyclic) bond motifs is 5. The number of hydrogen-bond donors (Lipinski definition) is 3. The summed E-state index contributed by atoms with van der Waals surface area (Å²) in [6.45, 7) is 15.3. The number of ketones is 1. The lowest BCUT2D eigenvalue weighted by Crippen LogP contribution is -2.60. The number of carbonyl (C=O) groups is 3. The van der Waals surface area contributed by atoms with Gasteiger partial charge in [-0.25, -0.2) is 9.98 Å². The molecule has 3 aliphatic heterocycles. The van der Waals surface area contributed by atoms with E-state index < -0.39 is 83.2 Å². The van der Waals surface area contributed by atoms with Gasteiger partial charge in [0.25, 0.3) is 0 Å². The second kappa shape index (κ2) is 18.2. The van der Waals surface area contributed by atoms with Crippen LogP contribution in [-0.2, 0) is 38.1 Å². The molecule has 3 aliphatic rings. The third-order valence-electron chi connectivity index (χ3n) is 11.2. The highest BCUT2D eigenvalue weighted by molar-refractivity contribution is 6.00. The van der Waals surface area contributed by atoms with Gasteiger partial charge in [0.15, 0.2) is 12.1 Å². The Morgan fingerprint density at radius 2 is 1.83 bits per heavy atom. The van der Waals surface area contributed by atoms with Gasteiger partial charge in [0, 0.05) is 42.9 Å². The number of carbonyl (C=O) groups excluding carboxylic acids is 3. The van der Waals surface area contributed by atoms with Gasteiger partial charge in [-0.3, -0.25) is 14.4 Å². The van der Waals surface area contributed by atoms with Crippen molar-refractivity contribution in [1.82, 2.24) is 9.88 Å². The molecule has 4 heterocycles. The van der Waals surface area contributed by atoms with Crippen LogP contribution >= 0.6 is 0 Å². The molecule has 1 aromatic heterocycles. The van der Waals surface area contributed by atoms with E-state index in [0.29, 0.717) is 23.5 Å². The molecule has 4 rings (SSSR count). The zero-order valence-corrected chi connectivity index (χ0v) is 33.8. The number of hydrogen-bond acceptors (Lipinski definition) is 13. The molecule has 14 heteroatoms. The Balaban J connectivity index is 1.97. The molecule has 1 amide bonds. The second-order valence-electron chi connectivity index (χ2n) is 16.0. The van der Waals surface area contributed by atoms with Crippen molar-refractivity contribution >= 4 is 29.2 Å². The van der Waals surface area contributed by atoms with E-state index in [9.17, 15) is 24.6 Å². The normalized spacial score (nSPS) is 40.4. The number of cyclic esters (lactones) is 1. The smallest absolute Gasteiger partial charge is 0.316 e. The summed E-state index contributed by atoms with van der Waals surface area (Å²) in [4.78, 5) is 51.8. The molecule has 3 saturated heterocycles. The second-order valence-corrected chi connectivity index (χ2v) is 16.0. The van der Waals surface area contributed by atoms with Gasteiger partial charge in [-0.05, 0) is 84.7 Å². The van der Waals surface area contributed by atoms with E-state index in [1.54, 1.807) is 39.2 Å². The summed E-state index contributed by atoms with van der Waals surface area (Å²) in [5, 5.41) is 27.2. The van der Waals surface area contributed by atoms with Gasteiger partial charge >= 0.3 is 5.97 Å². The molecule has 3 N–H and O–H groups in total. The third kappa shape index (κ3) is 10.00. The Kier molecular flexibility index (Phi) is 14.7. The fourth-order valence-corrected chi connectivity index (χ4v) is 8.28. The number of nitrogens with one attached hydrogen (secondary N) is 1. The van der Waals surface area contributed by atoms with Crippen molar-refractivity contribution in [2.24, 2.45) is 28.7 Å². The van der Waals surface area contributed by atoms with Crippen LogP contribution in [0.25, 0.3) is 0 Å². The predicted molar refractivity (Wildman–Crippen MR) is 203 cm³/mol. The van der Waals surface area contributed by atoms with E-state index in [1.165, 1.54) is 13.8 Å². The quantitative estimate of drug-likeness (QED) is 0.281. The minimum atomic E-state index is -1.79. The van der Waals surface area contributed by atoms with Crippen LogP contribution in [0.2, 0.25) is 0 Å². The molecule has 14 nitrogen and oxygen atoms in total. The number of esters is 1. The minimum Gasteiger partial charge on any atom is -0.459 e. The lowest BCUT2D eigenvalue weighted by Gasteiger charge is -2.47. The number of rotatable bonds is 6. The zero-order chi connectivity index (χ0) is 40.1. The number of aliphatic hydroxyl groups is 2. The molecular formula is C40H62N4O10. The summed E-state index contributed by atoms with van der Waals surface area (Å²) < 4.78 is 32.5. The van der Waals surface area contributed by atoms with Crippen molar-refractivity contribution in [2.45, 2.75) is 136 Å². The summed E-state index contributed by atoms with van der Waals surface area (Å²) in [6.07, 6.45) is -1.37. The number of Topliss-reactive ketones (excluding diaryl/α,β-unsaturated/α-hetero) is 1. The van der Waals surface area contributed by atoms with Crippen molar-refractivity contribution in [3.05, 3.63) is 36.2 Å². The first-order valence-electron chi connectivity index (χ1n) is 19.1. The Labute approximate surface area is 320 Å². The van der Waals surface area contributed by atoms with Crippen LogP contribution in [0.5, 0.6) is 0 Å². The number of aromatic nitrogens is 1. The number of pyridine rings is 1. The number of aliphatic hydroxyl groups excluding tert-OH is 1. The number of anilines is 1. The molecular weight excluding hydrogens is 696 g/mol. The van der Waals surface area contributed by atoms with E-state index in [2.05, 4.69) is 15.3 Å². The average Bonchev–Trinajstić information content (AvgIpc) is 3.13. The van der Waals surface area contributed by atoms with Gasteiger partial charge in [0.2, 0.25) is 5.91 Å². The van der Waals surface area contributed by atoms with Crippen LogP contribution < -0.4 is 5.32 Å². The molecule has 0 aliphatic carbocycles. The van der Waals surface area contributed by atoms with Gasteiger partial charge in [-0.15, -0.1) is 0 Å². The standard InChI is InChI=1S/C40H62N4O10/c1-12-30-40(9,49)36-24(4)32(43-27(7)45)22(2)18-39(8,51-21-28(20-50-36)19-42-31-15-13-14-16-41-31)35(25(5)33(46)26(6)37(48)53-30)54-38-34(47)29(44(10)11)17-23(3)52-38/h13-16,19,22-26,29-30,34-36,38,47,49H,12,17-18,20-21H2,1-11H3,(H,41,42)/b28-19-,43-32?/t22?,23-,24?,25+,26-,29+,30+,34?,35?,36?,38+,39-,40-/m1/s1. The molecule has 302 valence electrons. The first kappa shape index (κ1) is 43.6. The largest absolute Gasteiger partial charge is 0.459 e. The number of nitrogens with zero attached hydrogens (tertiary/aromatic N) is 3. The number of likely N-dealkylation sites (N-methyl/N-ethyl adjacent to an activating group) is 1. The van der Waals surface area contributed by atoms with Crippen molar-refractivity contribution in [3.8, 4) is 0 Å². The molecule has 2 bridgehead atoms. The molecule has 0 aromatic carbocycles. The highest BCUT2D eigenvalue weighted by atomic mass is 16.7. The Hall–Kier alpha value is -3.11. The van der Waals surface area contributed by atoms with E-state index in [1.807, 2.05) is 58.8 Å². The van der Waals surface area contributed by atoms with Crippen LogP contribution in [0.1, 0.15) is 81.6 Å². The lowest BCUT2D eigenvalue weighted by atomic mass is 9.73. The van der Waals surface area contributed by atoms with Gasteiger partial charge in [-0.2, -0.15) is 0 Å². The molecule has 0 spiro atoms. The highest BCUT2D eigenvalue weighted by Crippen LogP contribution is 2.40. The minimum absolute atomic E-state index is 0.0146. The van der Waals surface area contributed by atoms with Crippen molar-refractivity contribution in [2.75, 3.05) is 32.6 Å². The first-order chi connectivity index (χ1) is 25.3. The number of amides is 1. The van der Waals surface area contributed by atoms with Crippen LogP contribution in [-0.4, -0.2) is 125 Å². The van der Waals surface area contributed by atoms with Crippen molar-refractivity contribution in [1.29, 1.82) is 0 Å². The van der Waals surface area contributed by atoms with Gasteiger partial charge in [-0.1, -0.05) is 33.8 Å². The Bertz CT molecular complexity index is 1520. The summed E-state index contributed by atoms with van der Waals surface area (Å²) in [5.41, 5.74) is -2.05. The lowest BCUT2D eigenvalue weighted by molar-refractivity contribution is -0.296. The molecule has 54 heavy (non-hydrogen) atoms. The van der Waals surface area contributed by atoms with Crippen molar-refractivity contribution in [3.63, 3.8) is 0 Å². The monoisotopic (exact) mass is 758 g/mol. The topological polar surface area (TPSA) is 178 Å². The molecule has 5 unspecified atom stereocenters. The fraction of sp³-hybridized carbons (Fsp3) is 0.725. The van der Waals surface area contributed by atoms with Gasteiger partial charge < -0.3 is 44.1 Å². The van der Waals surface area contributed by atoms with E-state index in [-0.39, 0.29) is 38.2 Å². The molecule has 3 fully saturated rings. The fourth-order valence-electron chi connectivity index (χ4n) is 8.28. The summed E-state index contributed by atoms with van der Waals surface area (Å²) >= 11 is 0. The zero-order valence-electron chi connectivity index (χ0n) is 33.8. The summed E-state index contributed by atoms with van der Waals surface area (Å²) in [6, 6.07) is 5.16. The molecule has 0 radical (unpaired) electrons. The summed E-state index contributed by atoms with van der Waals surface area (Å²) in [5.74, 6) is -4.50. The van der Waals surface area contributed by atoms with E-state index in [4.69, 9.17) is 23.7 Å². The molecule has 1 aromatic rings. The Morgan fingerprint density at radius 1 is 1.13 bits per heavy atom. The van der Waals surface area contributed by atoms with Crippen LogP contribution in [0.3, 0.4) is 0 Å². The molecule has 0 saturated carbocycles.